The van der Waals surface area contributed by atoms with E-state index in [1.807, 2.05) is 4.72 Å². The molecule has 0 spiro atoms. The molecule has 8 nitrogen and oxygen atoms in total. The summed E-state index contributed by atoms with van der Waals surface area (Å²) in [7, 11) is -3.94. The van der Waals surface area contributed by atoms with E-state index in [2.05, 4.69) is 9.97 Å². The lowest BCUT2D eigenvalue weighted by molar-refractivity contribution is -0.139. The smallest absolute Gasteiger partial charge is 0.321 e. The highest BCUT2D eigenvalue weighted by Gasteiger charge is 2.25. The van der Waals surface area contributed by atoms with Gasteiger partial charge >= 0.3 is 5.97 Å². The Morgan fingerprint density at radius 3 is 2.75 bits per heavy atom. The summed E-state index contributed by atoms with van der Waals surface area (Å²) in [6.45, 7) is -0.428. The highest BCUT2D eigenvalue weighted by atomic mass is 32.2. The third-order valence-corrected chi connectivity index (χ3v) is 3.17. The van der Waals surface area contributed by atoms with E-state index < -0.39 is 28.6 Å². The minimum atomic E-state index is -3.94. The Labute approximate surface area is 91.4 Å². The fourth-order valence-corrected chi connectivity index (χ4v) is 2.13. The van der Waals surface area contributed by atoms with Gasteiger partial charge in [-0.05, 0) is 6.42 Å². The third-order valence-electron chi connectivity index (χ3n) is 1.78. The molecule has 1 aromatic rings. The van der Waals surface area contributed by atoms with Crippen molar-refractivity contribution < 1.29 is 23.4 Å². The molecule has 1 atom stereocenters. The largest absolute Gasteiger partial charge is 0.480 e. The Bertz CT molecular complexity index is 441. The van der Waals surface area contributed by atoms with Gasteiger partial charge < -0.3 is 15.2 Å². The molecule has 0 radical (unpaired) electrons. The zero-order valence-corrected chi connectivity index (χ0v) is 8.94. The number of rotatable bonds is 6. The van der Waals surface area contributed by atoms with Gasteiger partial charge in [-0.15, -0.1) is 0 Å². The molecule has 9 heteroatoms. The Hall–Kier alpha value is -1.45. The zero-order chi connectivity index (χ0) is 12.2. The van der Waals surface area contributed by atoms with Gasteiger partial charge in [-0.1, -0.05) is 0 Å². The lowest BCUT2D eigenvalue weighted by atomic mass is 10.2. The molecule has 0 saturated heterocycles. The monoisotopic (exact) mass is 249 g/mol. The molecule has 1 rings (SSSR count). The molecule has 0 aliphatic carbocycles. The number of nitrogens with zero attached hydrogens (tertiary/aromatic N) is 1. The van der Waals surface area contributed by atoms with E-state index in [0.717, 1.165) is 12.5 Å². The van der Waals surface area contributed by atoms with Gasteiger partial charge in [0.05, 0.1) is 12.5 Å². The number of carbonyl (C=O) groups is 1. The summed E-state index contributed by atoms with van der Waals surface area (Å²) >= 11 is 0. The van der Waals surface area contributed by atoms with Crippen LogP contribution >= 0.6 is 0 Å². The molecule has 0 unspecified atom stereocenters. The first-order chi connectivity index (χ1) is 7.47. The Balaban J connectivity index is 2.82. The van der Waals surface area contributed by atoms with Gasteiger partial charge in [0.2, 0.25) is 0 Å². The van der Waals surface area contributed by atoms with Gasteiger partial charge in [0.25, 0.3) is 10.0 Å². The number of aliphatic hydroxyl groups excluding tert-OH is 1. The molecule has 1 heterocycles. The molecule has 1 aromatic heterocycles. The summed E-state index contributed by atoms with van der Waals surface area (Å²) in [6.07, 6.45) is 2.01. The van der Waals surface area contributed by atoms with Crippen molar-refractivity contribution in [1.29, 1.82) is 0 Å². The van der Waals surface area contributed by atoms with Crippen molar-refractivity contribution in [2.24, 2.45) is 0 Å². The average molecular weight is 249 g/mol. The molecule has 0 saturated carbocycles. The highest BCUT2D eigenvalue weighted by molar-refractivity contribution is 7.89. The van der Waals surface area contributed by atoms with E-state index in [4.69, 9.17) is 10.2 Å². The summed E-state index contributed by atoms with van der Waals surface area (Å²) < 4.78 is 25.0. The fourth-order valence-electron chi connectivity index (χ4n) is 1.00. The second-order valence-electron chi connectivity index (χ2n) is 2.94. The summed E-state index contributed by atoms with van der Waals surface area (Å²) in [5.74, 6) is -1.35. The summed E-state index contributed by atoms with van der Waals surface area (Å²) in [5, 5.41) is 17.1. The number of aliphatic carboxylic acids is 1. The number of aromatic amines is 1. The van der Waals surface area contributed by atoms with Gasteiger partial charge in [-0.2, -0.15) is 4.72 Å². The number of nitrogens with one attached hydrogen (secondary N) is 2. The molecular formula is C7H11N3O5S. The van der Waals surface area contributed by atoms with E-state index in [-0.39, 0.29) is 11.4 Å². The molecule has 0 bridgehead atoms. The van der Waals surface area contributed by atoms with Crippen molar-refractivity contribution in [3.8, 4) is 0 Å². The second-order valence-corrected chi connectivity index (χ2v) is 4.62. The number of hydrogen-bond donors (Lipinski definition) is 4. The number of sulfonamides is 1. The highest BCUT2D eigenvalue weighted by Crippen LogP contribution is 2.04. The second kappa shape index (κ2) is 5.05. The van der Waals surface area contributed by atoms with Gasteiger partial charge in [0.1, 0.15) is 6.04 Å². The van der Waals surface area contributed by atoms with E-state index in [1.165, 1.54) is 0 Å². The molecule has 4 N–H and O–H groups in total. The van der Waals surface area contributed by atoms with Crippen LogP contribution in [0.1, 0.15) is 6.42 Å². The van der Waals surface area contributed by atoms with Gasteiger partial charge in [0, 0.05) is 6.61 Å². The predicted molar refractivity (Wildman–Crippen MR) is 52.0 cm³/mol. The van der Waals surface area contributed by atoms with E-state index in [0.29, 0.717) is 0 Å². The minimum Gasteiger partial charge on any atom is -0.480 e. The van der Waals surface area contributed by atoms with Crippen molar-refractivity contribution in [2.45, 2.75) is 17.5 Å². The zero-order valence-electron chi connectivity index (χ0n) is 8.12. The number of aromatic nitrogens is 2. The summed E-state index contributed by atoms with van der Waals surface area (Å²) in [6, 6.07) is -1.36. The lowest BCUT2D eigenvalue weighted by Gasteiger charge is -2.12. The minimum absolute atomic E-state index is 0.206. The van der Waals surface area contributed by atoms with Crippen LogP contribution in [0.5, 0.6) is 0 Å². The maximum atomic E-state index is 11.6. The molecule has 0 amide bonds. The van der Waals surface area contributed by atoms with Crippen molar-refractivity contribution >= 4 is 16.0 Å². The molecule has 90 valence electrons. The number of aliphatic hydroxyl groups is 1. The van der Waals surface area contributed by atoms with Gasteiger partial charge in [-0.25, -0.2) is 13.4 Å². The van der Waals surface area contributed by atoms with E-state index in [9.17, 15) is 13.2 Å². The van der Waals surface area contributed by atoms with Crippen molar-refractivity contribution in [3.05, 3.63) is 12.5 Å². The van der Waals surface area contributed by atoms with Crippen LogP contribution in [0, 0.1) is 0 Å². The Morgan fingerprint density at radius 1 is 1.62 bits per heavy atom. The van der Waals surface area contributed by atoms with Gasteiger partial charge in [0.15, 0.2) is 5.03 Å². The molecule has 0 aliphatic rings. The van der Waals surface area contributed by atoms with Crippen LogP contribution in [0.3, 0.4) is 0 Å². The quantitative estimate of drug-likeness (QED) is 0.486. The number of carboxylic acid groups (broad SMARTS) is 1. The van der Waals surface area contributed by atoms with Crippen LogP contribution < -0.4 is 4.72 Å². The van der Waals surface area contributed by atoms with Crippen molar-refractivity contribution in [3.63, 3.8) is 0 Å². The van der Waals surface area contributed by atoms with Crippen LogP contribution in [-0.2, 0) is 14.8 Å². The van der Waals surface area contributed by atoms with E-state index in [1.54, 1.807) is 0 Å². The lowest BCUT2D eigenvalue weighted by Crippen LogP contribution is -2.41. The molecule has 0 fully saturated rings. The normalized spacial score (nSPS) is 13.6. The number of H-pyrrole nitrogens is 1. The van der Waals surface area contributed by atoms with Crippen molar-refractivity contribution in [1.82, 2.24) is 14.7 Å². The van der Waals surface area contributed by atoms with E-state index >= 15 is 0 Å². The number of hydrogen-bond acceptors (Lipinski definition) is 5. The van der Waals surface area contributed by atoms with Crippen molar-refractivity contribution in [2.75, 3.05) is 6.61 Å². The number of imidazole rings is 1. The first kappa shape index (κ1) is 12.6. The molecule has 0 aromatic carbocycles. The summed E-state index contributed by atoms with van der Waals surface area (Å²) in [5.41, 5.74) is 0. The molecule has 16 heavy (non-hydrogen) atoms. The van der Waals surface area contributed by atoms with Gasteiger partial charge in [-0.3, -0.25) is 4.79 Å². The molecular weight excluding hydrogens is 238 g/mol. The predicted octanol–water partition coefficient (Wildman–Crippen LogP) is -1.48. The maximum absolute atomic E-state index is 11.6. The number of carboxylic acids is 1. The first-order valence-corrected chi connectivity index (χ1v) is 5.80. The summed E-state index contributed by atoms with van der Waals surface area (Å²) in [4.78, 5) is 16.5. The fraction of sp³-hybridized carbons (Fsp3) is 0.429. The van der Waals surface area contributed by atoms with Crippen LogP contribution in [0.2, 0.25) is 0 Å². The average Bonchev–Trinajstić information content (AvgIpc) is 2.69. The maximum Gasteiger partial charge on any atom is 0.321 e. The topological polar surface area (TPSA) is 132 Å². The Morgan fingerprint density at radius 2 is 2.31 bits per heavy atom. The SMILES string of the molecule is O=C(O)[C@@H](CCO)NS(=O)(=O)c1cnc[nH]1. The van der Waals surface area contributed by atoms with Crippen LogP contribution in [-0.4, -0.2) is 47.2 Å². The van der Waals surface area contributed by atoms with Crippen LogP contribution in [0.25, 0.3) is 0 Å². The third kappa shape index (κ3) is 3.02. The van der Waals surface area contributed by atoms with Crippen LogP contribution in [0.15, 0.2) is 17.6 Å². The Kier molecular flexibility index (Phi) is 3.99. The standard InChI is InChI=1S/C7H11N3O5S/c11-2-1-5(7(12)13)10-16(14,15)6-3-8-4-9-6/h3-5,10-11H,1-2H2,(H,8,9)(H,12,13)/t5-/m1/s1. The first-order valence-electron chi connectivity index (χ1n) is 4.31. The molecule has 0 aliphatic heterocycles. The van der Waals surface area contributed by atoms with Crippen LogP contribution in [0.4, 0.5) is 0 Å².